The number of fused-ring (bicyclic) bond motifs is 1. The van der Waals surface area contributed by atoms with E-state index in [0.29, 0.717) is 24.9 Å². The maximum Gasteiger partial charge on any atom is 0.247 e. The lowest BCUT2D eigenvalue weighted by Crippen LogP contribution is -2.34. The predicted molar refractivity (Wildman–Crippen MR) is 78.0 cm³/mol. The Morgan fingerprint density at radius 1 is 1.45 bits per heavy atom. The van der Waals surface area contributed by atoms with E-state index in [1.54, 1.807) is 0 Å². The van der Waals surface area contributed by atoms with Crippen molar-refractivity contribution in [2.45, 2.75) is 46.4 Å². The zero-order valence-corrected chi connectivity index (χ0v) is 13.7. The van der Waals surface area contributed by atoms with Crippen LogP contribution in [0.2, 0.25) is 0 Å². The average molecular weight is 338 g/mol. The molecule has 3 N–H and O–H groups in total. The van der Waals surface area contributed by atoms with Gasteiger partial charge in [-0.1, -0.05) is 13.8 Å². The molecule has 1 aromatic rings. The quantitative estimate of drug-likeness (QED) is 0.852. The fourth-order valence-electron chi connectivity index (χ4n) is 2.46. The first-order chi connectivity index (χ1) is 9.21. The smallest absolute Gasteiger partial charge is 0.247 e. The molecule has 114 valence electrons. The second-order valence-corrected chi connectivity index (χ2v) is 10.0. The second kappa shape index (κ2) is 5.38. The molecule has 20 heavy (non-hydrogen) atoms. The summed E-state index contributed by atoms with van der Waals surface area (Å²) in [6.45, 7) is 4.43. The number of nitrogens with one attached hydrogen (secondary N) is 1. The Kier molecular flexibility index (Phi) is 4.27. The van der Waals surface area contributed by atoms with E-state index >= 15 is 0 Å². The molecule has 0 bridgehead atoms. The molecule has 0 radical (unpaired) electrons. The van der Waals surface area contributed by atoms with Crippen molar-refractivity contribution in [1.29, 1.82) is 0 Å². The van der Waals surface area contributed by atoms with Gasteiger partial charge in [-0.15, -0.1) is 11.3 Å². The highest BCUT2D eigenvalue weighted by Crippen LogP contribution is 2.43. The Morgan fingerprint density at radius 2 is 2.10 bits per heavy atom. The van der Waals surface area contributed by atoms with Crippen LogP contribution in [0.15, 0.2) is 14.5 Å². The monoisotopic (exact) mass is 338 g/mol. The van der Waals surface area contributed by atoms with Crippen LogP contribution >= 0.6 is 11.3 Å². The average Bonchev–Trinajstić information content (AvgIpc) is 2.78. The van der Waals surface area contributed by atoms with Crippen LogP contribution in [0.1, 0.15) is 38.3 Å². The van der Waals surface area contributed by atoms with Gasteiger partial charge in [0.25, 0.3) is 0 Å². The van der Waals surface area contributed by atoms with Crippen molar-refractivity contribution in [3.8, 4) is 0 Å². The van der Waals surface area contributed by atoms with E-state index in [2.05, 4.69) is 5.32 Å². The highest BCUT2D eigenvalue weighted by atomic mass is 32.3. The number of hydrogen-bond donors (Lipinski definition) is 2. The van der Waals surface area contributed by atoms with Crippen LogP contribution in [0.25, 0.3) is 0 Å². The van der Waals surface area contributed by atoms with Crippen molar-refractivity contribution >= 4 is 31.2 Å². The van der Waals surface area contributed by atoms with Crippen molar-refractivity contribution < 1.29 is 16.8 Å². The van der Waals surface area contributed by atoms with Crippen LogP contribution in [0, 0.1) is 0 Å². The number of hydrogen-bond acceptors (Lipinski definition) is 6. The summed E-state index contributed by atoms with van der Waals surface area (Å²) in [7, 11) is -7.35. The molecule has 0 amide bonds. The fraction of sp³-hybridized carbons (Fsp3) is 0.636. The van der Waals surface area contributed by atoms with Crippen LogP contribution in [0.3, 0.4) is 0 Å². The minimum Gasteiger partial charge on any atom is -0.310 e. The van der Waals surface area contributed by atoms with Crippen molar-refractivity contribution in [2.24, 2.45) is 5.14 Å². The molecule has 2 atom stereocenters. The maximum absolute atomic E-state index is 12.5. The van der Waals surface area contributed by atoms with Crippen molar-refractivity contribution in [1.82, 2.24) is 5.32 Å². The third-order valence-electron chi connectivity index (χ3n) is 3.46. The molecule has 0 unspecified atom stereocenters. The Hall–Kier alpha value is -0.480. The molecule has 0 aromatic carbocycles. The van der Waals surface area contributed by atoms with Crippen LogP contribution in [0.5, 0.6) is 0 Å². The van der Waals surface area contributed by atoms with E-state index in [0.717, 1.165) is 11.3 Å². The van der Waals surface area contributed by atoms with Gasteiger partial charge >= 0.3 is 0 Å². The molecule has 1 aromatic heterocycles. The zero-order chi connectivity index (χ0) is 15.1. The molecule has 2 rings (SSSR count). The van der Waals surface area contributed by atoms with E-state index < -0.39 is 25.1 Å². The Labute approximate surface area is 123 Å². The first kappa shape index (κ1) is 15.9. The van der Waals surface area contributed by atoms with Gasteiger partial charge in [0.15, 0.2) is 9.84 Å². The fourth-order valence-corrected chi connectivity index (χ4v) is 7.18. The van der Waals surface area contributed by atoms with E-state index in [4.69, 9.17) is 5.14 Å². The van der Waals surface area contributed by atoms with Gasteiger partial charge in [-0.25, -0.2) is 22.0 Å². The molecule has 2 heterocycles. The first-order valence-electron chi connectivity index (χ1n) is 6.35. The lowest BCUT2D eigenvalue weighted by Gasteiger charge is -2.29. The minimum absolute atomic E-state index is 0.0919. The van der Waals surface area contributed by atoms with Gasteiger partial charge in [0.1, 0.15) is 8.42 Å². The number of sulfone groups is 1. The van der Waals surface area contributed by atoms with Gasteiger partial charge in [0.2, 0.25) is 10.0 Å². The molecule has 0 saturated heterocycles. The van der Waals surface area contributed by atoms with Crippen LogP contribution < -0.4 is 10.5 Å². The molecule has 0 spiro atoms. The number of thiophene rings is 1. The van der Waals surface area contributed by atoms with Gasteiger partial charge in [0.05, 0.1) is 5.25 Å². The van der Waals surface area contributed by atoms with Gasteiger partial charge < -0.3 is 5.32 Å². The third-order valence-corrected chi connectivity index (χ3v) is 8.93. The van der Waals surface area contributed by atoms with Crippen molar-refractivity contribution in [3.05, 3.63) is 11.6 Å². The number of sulfonamides is 1. The largest absolute Gasteiger partial charge is 0.310 e. The predicted octanol–water partition coefficient (Wildman–Crippen LogP) is 1.00. The topological polar surface area (TPSA) is 106 Å². The summed E-state index contributed by atoms with van der Waals surface area (Å²) in [5, 5.41) is 7.84. The Bertz CT molecular complexity index is 706. The molecule has 1 aliphatic rings. The SMILES string of the molecule is CCN[C@@H]1C[C@H](CC)S(=O)(=O)c2sc(S(N)(=O)=O)cc21. The highest BCUT2D eigenvalue weighted by Gasteiger charge is 2.40. The molecular formula is C11H18N2O4S3. The van der Waals surface area contributed by atoms with Crippen LogP contribution in [-0.2, 0) is 19.9 Å². The summed E-state index contributed by atoms with van der Waals surface area (Å²) in [5.74, 6) is 0. The van der Waals surface area contributed by atoms with Crippen molar-refractivity contribution in [2.75, 3.05) is 6.54 Å². The highest BCUT2D eigenvalue weighted by molar-refractivity contribution is 7.95. The normalized spacial score (nSPS) is 25.4. The lowest BCUT2D eigenvalue weighted by molar-refractivity contribution is 0.463. The number of rotatable bonds is 4. The Balaban J connectivity index is 2.64. The van der Waals surface area contributed by atoms with E-state index in [1.165, 1.54) is 6.07 Å². The summed E-state index contributed by atoms with van der Waals surface area (Å²) in [6, 6.07) is 1.25. The van der Waals surface area contributed by atoms with E-state index in [-0.39, 0.29) is 14.5 Å². The van der Waals surface area contributed by atoms with Gasteiger partial charge in [-0.3, -0.25) is 0 Å². The van der Waals surface area contributed by atoms with Gasteiger partial charge in [-0.05, 0) is 25.5 Å². The maximum atomic E-state index is 12.5. The first-order valence-corrected chi connectivity index (χ1v) is 10.3. The summed E-state index contributed by atoms with van der Waals surface area (Å²) >= 11 is 0.757. The third kappa shape index (κ3) is 2.64. The van der Waals surface area contributed by atoms with E-state index in [1.807, 2.05) is 13.8 Å². The lowest BCUT2D eigenvalue weighted by atomic mass is 10.0. The van der Waals surface area contributed by atoms with Gasteiger partial charge in [0, 0.05) is 11.6 Å². The molecule has 6 nitrogen and oxygen atoms in total. The summed E-state index contributed by atoms with van der Waals surface area (Å²) in [4.78, 5) is 0. The molecular weight excluding hydrogens is 320 g/mol. The minimum atomic E-state index is -3.88. The summed E-state index contributed by atoms with van der Waals surface area (Å²) in [6.07, 6.45) is 0.965. The molecule has 9 heteroatoms. The Morgan fingerprint density at radius 3 is 2.60 bits per heavy atom. The second-order valence-electron chi connectivity index (χ2n) is 4.77. The van der Waals surface area contributed by atoms with Crippen LogP contribution in [0.4, 0.5) is 0 Å². The standard InChI is InChI=1S/C11H18N2O4S3/c1-3-7-5-9(13-4-2)8-6-10(20(12,16)17)18-11(8)19(7,14)15/h6-7,9,13H,3-5H2,1-2H3,(H2,12,16,17)/t7-,9+/m0/s1. The zero-order valence-electron chi connectivity index (χ0n) is 11.3. The van der Waals surface area contributed by atoms with Crippen molar-refractivity contribution in [3.63, 3.8) is 0 Å². The van der Waals surface area contributed by atoms with E-state index in [9.17, 15) is 16.8 Å². The summed E-state index contributed by atoms with van der Waals surface area (Å²) < 4.78 is 47.9. The van der Waals surface area contributed by atoms with Gasteiger partial charge in [-0.2, -0.15) is 0 Å². The number of primary sulfonamides is 1. The molecule has 0 fully saturated rings. The molecule has 0 aliphatic carbocycles. The summed E-state index contributed by atoms with van der Waals surface area (Å²) in [5.41, 5.74) is 0.533. The molecule has 0 saturated carbocycles. The number of nitrogens with two attached hydrogens (primary N) is 1. The molecule has 1 aliphatic heterocycles. The van der Waals surface area contributed by atoms with Crippen LogP contribution in [-0.4, -0.2) is 28.6 Å².